The number of rotatable bonds is 5. The Morgan fingerprint density at radius 2 is 1.94 bits per heavy atom. The van der Waals surface area contributed by atoms with E-state index in [1.165, 1.54) is 0 Å². The molecular formula is C21H18F3N3O4. The van der Waals surface area contributed by atoms with Crippen LogP contribution in [-0.2, 0) is 22.3 Å². The Morgan fingerprint density at radius 3 is 2.55 bits per heavy atom. The van der Waals surface area contributed by atoms with Crippen LogP contribution in [0.2, 0.25) is 0 Å². The molecule has 1 heterocycles. The summed E-state index contributed by atoms with van der Waals surface area (Å²) in [7, 11) is 0. The Kier molecular flexibility index (Phi) is 6.44. The minimum Gasteiger partial charge on any atom is -0.461 e. The molecule has 1 aliphatic rings. The summed E-state index contributed by atoms with van der Waals surface area (Å²) in [6.45, 7) is 0.574. The summed E-state index contributed by atoms with van der Waals surface area (Å²) in [4.78, 5) is 24.4. The lowest BCUT2D eigenvalue weighted by molar-refractivity contribution is -0.384. The molecule has 162 valence electrons. The third-order valence-corrected chi connectivity index (χ3v) is 5.11. The summed E-state index contributed by atoms with van der Waals surface area (Å²) in [5.74, 6) is -0.826. The summed E-state index contributed by atoms with van der Waals surface area (Å²) < 4.78 is 44.0. The standard InChI is InChI=1S/C21H18F3N3O4/c22-21(23,24)17-4-5-18(19(11-17)27(29)30)26-8-6-16(7-9-26)20(28)31-13-15-3-1-2-14(10-15)12-25/h1-5,10-11,16H,6-9,13H2. The van der Waals surface area contributed by atoms with Crippen LogP contribution in [0.1, 0.15) is 29.5 Å². The van der Waals surface area contributed by atoms with Gasteiger partial charge in [0.2, 0.25) is 0 Å². The number of benzene rings is 2. The number of esters is 1. The van der Waals surface area contributed by atoms with Gasteiger partial charge >= 0.3 is 12.1 Å². The molecule has 1 saturated heterocycles. The second-order valence-electron chi connectivity index (χ2n) is 7.14. The Balaban J connectivity index is 1.62. The number of nitro benzene ring substituents is 1. The first-order valence-electron chi connectivity index (χ1n) is 9.45. The lowest BCUT2D eigenvalue weighted by Gasteiger charge is -2.32. The fraction of sp³-hybridized carbons (Fsp3) is 0.333. The maximum Gasteiger partial charge on any atom is 0.416 e. The molecule has 0 unspecified atom stereocenters. The van der Waals surface area contributed by atoms with E-state index in [-0.39, 0.29) is 25.4 Å². The smallest absolute Gasteiger partial charge is 0.416 e. The van der Waals surface area contributed by atoms with Gasteiger partial charge in [0, 0.05) is 19.2 Å². The molecule has 10 heteroatoms. The number of carbonyl (C=O) groups is 1. The van der Waals surface area contributed by atoms with Crippen LogP contribution in [0, 0.1) is 27.4 Å². The van der Waals surface area contributed by atoms with Crippen LogP contribution in [0.3, 0.4) is 0 Å². The molecule has 2 aromatic carbocycles. The number of nitriles is 1. The average molecular weight is 433 g/mol. The topological polar surface area (TPSA) is 96.5 Å². The normalized spacial score (nSPS) is 14.7. The highest BCUT2D eigenvalue weighted by Gasteiger charge is 2.35. The molecule has 3 rings (SSSR count). The quantitative estimate of drug-likeness (QED) is 0.393. The van der Waals surface area contributed by atoms with Gasteiger partial charge in [-0.15, -0.1) is 0 Å². The SMILES string of the molecule is N#Cc1cccc(COC(=O)C2CCN(c3ccc(C(F)(F)F)cc3[N+](=O)[O-])CC2)c1. The first-order valence-corrected chi connectivity index (χ1v) is 9.45. The molecule has 0 saturated carbocycles. The lowest BCUT2D eigenvalue weighted by Crippen LogP contribution is -2.37. The van der Waals surface area contributed by atoms with Gasteiger partial charge in [-0.1, -0.05) is 12.1 Å². The fourth-order valence-corrected chi connectivity index (χ4v) is 3.47. The number of anilines is 1. The molecule has 7 nitrogen and oxygen atoms in total. The van der Waals surface area contributed by atoms with Crippen molar-refractivity contribution in [3.63, 3.8) is 0 Å². The van der Waals surface area contributed by atoms with Crippen molar-refractivity contribution in [2.75, 3.05) is 18.0 Å². The van der Waals surface area contributed by atoms with Gasteiger partial charge in [-0.2, -0.15) is 18.4 Å². The number of nitro groups is 1. The molecule has 1 aliphatic heterocycles. The number of alkyl halides is 3. The van der Waals surface area contributed by atoms with Crippen molar-refractivity contribution in [1.82, 2.24) is 0 Å². The van der Waals surface area contributed by atoms with Gasteiger partial charge in [-0.05, 0) is 42.7 Å². The molecule has 0 bridgehead atoms. The highest BCUT2D eigenvalue weighted by Crippen LogP contribution is 2.37. The van der Waals surface area contributed by atoms with Crippen molar-refractivity contribution in [2.45, 2.75) is 25.6 Å². The number of carbonyl (C=O) groups excluding carboxylic acids is 1. The number of halogens is 3. The van der Waals surface area contributed by atoms with Crippen molar-refractivity contribution >= 4 is 17.3 Å². The molecule has 0 aliphatic carbocycles. The monoisotopic (exact) mass is 433 g/mol. The van der Waals surface area contributed by atoms with Crippen LogP contribution in [0.15, 0.2) is 42.5 Å². The van der Waals surface area contributed by atoms with E-state index >= 15 is 0 Å². The average Bonchev–Trinajstić information content (AvgIpc) is 2.76. The molecule has 0 radical (unpaired) electrons. The maximum atomic E-state index is 12.9. The van der Waals surface area contributed by atoms with Crippen molar-refractivity contribution in [3.8, 4) is 6.07 Å². The lowest BCUT2D eigenvalue weighted by atomic mass is 9.96. The van der Waals surface area contributed by atoms with E-state index in [0.717, 1.165) is 12.1 Å². The highest BCUT2D eigenvalue weighted by molar-refractivity contribution is 5.73. The molecule has 31 heavy (non-hydrogen) atoms. The first-order chi connectivity index (χ1) is 14.7. The molecule has 0 aromatic heterocycles. The molecule has 0 N–H and O–H groups in total. The minimum absolute atomic E-state index is 0.0267. The number of hydrogen-bond acceptors (Lipinski definition) is 6. The van der Waals surface area contributed by atoms with E-state index in [0.29, 0.717) is 30.0 Å². The molecule has 0 atom stereocenters. The third kappa shape index (κ3) is 5.31. The summed E-state index contributed by atoms with van der Waals surface area (Å²) in [6, 6.07) is 11.1. The van der Waals surface area contributed by atoms with Gasteiger partial charge in [-0.25, -0.2) is 0 Å². The highest BCUT2D eigenvalue weighted by atomic mass is 19.4. The fourth-order valence-electron chi connectivity index (χ4n) is 3.47. The molecule has 1 fully saturated rings. The van der Waals surface area contributed by atoms with Crippen LogP contribution in [0.5, 0.6) is 0 Å². The van der Waals surface area contributed by atoms with Gasteiger partial charge < -0.3 is 9.64 Å². The first kappa shape index (κ1) is 22.1. The zero-order valence-corrected chi connectivity index (χ0v) is 16.3. The van der Waals surface area contributed by atoms with Crippen LogP contribution in [0.25, 0.3) is 0 Å². The van der Waals surface area contributed by atoms with Crippen molar-refractivity contribution in [1.29, 1.82) is 5.26 Å². The van der Waals surface area contributed by atoms with Crippen LogP contribution >= 0.6 is 0 Å². The Labute approximate surface area is 175 Å². The van der Waals surface area contributed by atoms with Gasteiger partial charge in [0.05, 0.1) is 28.0 Å². The van der Waals surface area contributed by atoms with E-state index < -0.39 is 34.2 Å². The number of ether oxygens (including phenoxy) is 1. The maximum absolute atomic E-state index is 12.9. The summed E-state index contributed by atoms with van der Waals surface area (Å²) in [6.07, 6.45) is -3.96. The van der Waals surface area contributed by atoms with Crippen LogP contribution in [0.4, 0.5) is 24.5 Å². The van der Waals surface area contributed by atoms with Crippen LogP contribution < -0.4 is 4.90 Å². The van der Waals surface area contributed by atoms with Gasteiger partial charge in [0.25, 0.3) is 5.69 Å². The molecule has 2 aromatic rings. The van der Waals surface area contributed by atoms with E-state index in [4.69, 9.17) is 10.00 Å². The third-order valence-electron chi connectivity index (χ3n) is 5.11. The summed E-state index contributed by atoms with van der Waals surface area (Å²) in [5, 5.41) is 20.2. The van der Waals surface area contributed by atoms with Gasteiger partial charge in [-0.3, -0.25) is 14.9 Å². The minimum atomic E-state index is -4.67. The molecular weight excluding hydrogens is 415 g/mol. The largest absolute Gasteiger partial charge is 0.461 e. The van der Waals surface area contributed by atoms with E-state index in [1.54, 1.807) is 29.2 Å². The number of nitrogens with zero attached hydrogens (tertiary/aromatic N) is 3. The van der Waals surface area contributed by atoms with Gasteiger partial charge in [0.1, 0.15) is 12.3 Å². The van der Waals surface area contributed by atoms with E-state index in [1.807, 2.05) is 6.07 Å². The number of hydrogen-bond donors (Lipinski definition) is 0. The zero-order valence-electron chi connectivity index (χ0n) is 16.3. The van der Waals surface area contributed by atoms with Crippen molar-refractivity contribution < 1.29 is 27.6 Å². The van der Waals surface area contributed by atoms with Gasteiger partial charge in [0.15, 0.2) is 0 Å². The second kappa shape index (κ2) is 9.04. The molecule has 0 amide bonds. The Hall–Kier alpha value is -3.61. The zero-order chi connectivity index (χ0) is 22.6. The summed E-state index contributed by atoms with van der Waals surface area (Å²) >= 11 is 0. The number of piperidine rings is 1. The second-order valence-corrected chi connectivity index (χ2v) is 7.14. The van der Waals surface area contributed by atoms with Crippen LogP contribution in [-0.4, -0.2) is 24.0 Å². The van der Waals surface area contributed by atoms with E-state index in [9.17, 15) is 28.1 Å². The van der Waals surface area contributed by atoms with Crippen molar-refractivity contribution in [2.24, 2.45) is 5.92 Å². The van der Waals surface area contributed by atoms with E-state index in [2.05, 4.69) is 0 Å². The predicted octanol–water partition coefficient (Wildman–Crippen LogP) is 4.45. The molecule has 0 spiro atoms. The Bertz CT molecular complexity index is 1030. The Morgan fingerprint density at radius 1 is 1.23 bits per heavy atom. The van der Waals surface area contributed by atoms with Crippen molar-refractivity contribution in [3.05, 3.63) is 69.3 Å². The predicted molar refractivity (Wildman–Crippen MR) is 104 cm³/mol. The summed E-state index contributed by atoms with van der Waals surface area (Å²) in [5.41, 5.74) is -0.460.